The molecule has 0 aromatic heterocycles. The van der Waals surface area contributed by atoms with Crippen LogP contribution in [0.1, 0.15) is 54.9 Å². The first-order valence-corrected chi connectivity index (χ1v) is 8.70. The fourth-order valence-electron chi connectivity index (χ4n) is 3.08. The molecule has 24 heavy (non-hydrogen) atoms. The zero-order valence-electron chi connectivity index (χ0n) is 14.3. The summed E-state index contributed by atoms with van der Waals surface area (Å²) in [5.41, 5.74) is 7.18. The quantitative estimate of drug-likeness (QED) is 0.779. The third kappa shape index (κ3) is 4.91. The fourth-order valence-corrected chi connectivity index (χ4v) is 3.08. The van der Waals surface area contributed by atoms with Crippen LogP contribution in [-0.4, -0.2) is 35.6 Å². The standard InChI is InChI=1S/C19H26N2O3/c1-2-3-14-4-6-15(7-5-14)17(22)8-9-18(23)21-12-10-16(11-13-21)19(20)24/h4-7,16H,2-3,8-13H2,1H3,(H2,20,24). The van der Waals surface area contributed by atoms with E-state index >= 15 is 0 Å². The molecule has 5 heteroatoms. The van der Waals surface area contributed by atoms with Crippen molar-refractivity contribution in [2.75, 3.05) is 13.1 Å². The Bertz CT molecular complexity index is 587. The molecule has 0 saturated carbocycles. The molecule has 0 spiro atoms. The van der Waals surface area contributed by atoms with Gasteiger partial charge in [0.1, 0.15) is 0 Å². The zero-order chi connectivity index (χ0) is 17.5. The van der Waals surface area contributed by atoms with Crippen molar-refractivity contribution in [3.05, 3.63) is 35.4 Å². The molecule has 1 aromatic rings. The van der Waals surface area contributed by atoms with Crippen LogP contribution >= 0.6 is 0 Å². The highest BCUT2D eigenvalue weighted by atomic mass is 16.2. The van der Waals surface area contributed by atoms with Gasteiger partial charge >= 0.3 is 0 Å². The molecule has 2 N–H and O–H groups in total. The van der Waals surface area contributed by atoms with Gasteiger partial charge in [0.25, 0.3) is 0 Å². The molecule has 1 aromatic carbocycles. The van der Waals surface area contributed by atoms with Gasteiger partial charge in [-0.15, -0.1) is 0 Å². The van der Waals surface area contributed by atoms with Gasteiger partial charge in [-0.25, -0.2) is 0 Å². The fraction of sp³-hybridized carbons (Fsp3) is 0.526. The number of piperidine rings is 1. The number of ketones is 1. The highest BCUT2D eigenvalue weighted by molar-refractivity contribution is 5.98. The Kier molecular flexibility index (Phi) is 6.53. The number of amides is 2. The van der Waals surface area contributed by atoms with Gasteiger partial charge in [0, 0.05) is 37.4 Å². The van der Waals surface area contributed by atoms with Crippen LogP contribution in [0.2, 0.25) is 0 Å². The van der Waals surface area contributed by atoms with E-state index in [1.807, 2.05) is 24.3 Å². The van der Waals surface area contributed by atoms with E-state index in [1.165, 1.54) is 5.56 Å². The summed E-state index contributed by atoms with van der Waals surface area (Å²) in [6, 6.07) is 7.65. The summed E-state index contributed by atoms with van der Waals surface area (Å²) in [7, 11) is 0. The lowest BCUT2D eigenvalue weighted by atomic mass is 9.96. The van der Waals surface area contributed by atoms with Crippen LogP contribution in [-0.2, 0) is 16.0 Å². The number of primary amides is 1. The van der Waals surface area contributed by atoms with Crippen LogP contribution in [0.4, 0.5) is 0 Å². The Labute approximate surface area is 143 Å². The smallest absolute Gasteiger partial charge is 0.223 e. The van der Waals surface area contributed by atoms with E-state index in [0.717, 1.165) is 12.8 Å². The molecule has 0 atom stereocenters. The monoisotopic (exact) mass is 330 g/mol. The number of likely N-dealkylation sites (tertiary alicyclic amines) is 1. The number of hydrogen-bond acceptors (Lipinski definition) is 3. The van der Waals surface area contributed by atoms with Gasteiger partial charge in [-0.2, -0.15) is 0 Å². The minimum Gasteiger partial charge on any atom is -0.369 e. The Morgan fingerprint density at radius 2 is 1.71 bits per heavy atom. The minimum absolute atomic E-state index is 0.00146. The summed E-state index contributed by atoms with van der Waals surface area (Å²) in [5.74, 6) is -0.437. The zero-order valence-corrected chi connectivity index (χ0v) is 14.3. The van der Waals surface area contributed by atoms with Gasteiger partial charge in [-0.05, 0) is 24.8 Å². The van der Waals surface area contributed by atoms with Crippen molar-refractivity contribution in [1.82, 2.24) is 4.90 Å². The van der Waals surface area contributed by atoms with Crippen molar-refractivity contribution in [1.29, 1.82) is 0 Å². The Morgan fingerprint density at radius 1 is 1.08 bits per heavy atom. The number of carbonyl (C=O) groups excluding carboxylic acids is 3. The van der Waals surface area contributed by atoms with E-state index in [9.17, 15) is 14.4 Å². The molecule has 0 aliphatic carbocycles. The van der Waals surface area contributed by atoms with Crippen LogP contribution in [0.5, 0.6) is 0 Å². The molecular formula is C19H26N2O3. The maximum absolute atomic E-state index is 12.2. The SMILES string of the molecule is CCCc1ccc(C(=O)CCC(=O)N2CCC(C(N)=O)CC2)cc1. The normalized spacial score (nSPS) is 15.3. The van der Waals surface area contributed by atoms with Crippen LogP contribution in [0, 0.1) is 5.92 Å². The second-order valence-corrected chi connectivity index (χ2v) is 6.43. The lowest BCUT2D eigenvalue weighted by molar-refractivity contribution is -0.134. The molecule has 1 fully saturated rings. The molecule has 1 saturated heterocycles. The number of nitrogens with two attached hydrogens (primary N) is 1. The molecule has 0 radical (unpaired) electrons. The number of hydrogen-bond donors (Lipinski definition) is 1. The maximum Gasteiger partial charge on any atom is 0.223 e. The summed E-state index contributed by atoms with van der Waals surface area (Å²) in [6.07, 6.45) is 3.77. The number of rotatable bonds is 7. The van der Waals surface area contributed by atoms with E-state index in [0.29, 0.717) is 31.5 Å². The van der Waals surface area contributed by atoms with Crippen molar-refractivity contribution < 1.29 is 14.4 Å². The van der Waals surface area contributed by atoms with Crippen molar-refractivity contribution in [2.24, 2.45) is 11.7 Å². The summed E-state index contributed by atoms with van der Waals surface area (Å²) < 4.78 is 0. The molecule has 0 bridgehead atoms. The van der Waals surface area contributed by atoms with E-state index in [-0.39, 0.29) is 36.4 Å². The average Bonchev–Trinajstić information content (AvgIpc) is 2.60. The molecule has 1 aliphatic rings. The molecular weight excluding hydrogens is 304 g/mol. The van der Waals surface area contributed by atoms with Crippen molar-refractivity contribution >= 4 is 17.6 Å². The molecule has 2 rings (SSSR count). The number of benzene rings is 1. The van der Waals surface area contributed by atoms with E-state index in [2.05, 4.69) is 6.92 Å². The van der Waals surface area contributed by atoms with Crippen LogP contribution in [0.15, 0.2) is 24.3 Å². The van der Waals surface area contributed by atoms with Gasteiger partial charge in [-0.3, -0.25) is 14.4 Å². The second kappa shape index (κ2) is 8.62. The van der Waals surface area contributed by atoms with Crippen LogP contribution in [0.25, 0.3) is 0 Å². The number of aryl methyl sites for hydroxylation is 1. The number of nitrogens with zero attached hydrogens (tertiary/aromatic N) is 1. The molecule has 0 unspecified atom stereocenters. The predicted molar refractivity (Wildman–Crippen MR) is 92.5 cm³/mol. The molecule has 2 amide bonds. The Hall–Kier alpha value is -2.17. The van der Waals surface area contributed by atoms with Gasteiger partial charge in [0.15, 0.2) is 5.78 Å². The second-order valence-electron chi connectivity index (χ2n) is 6.43. The predicted octanol–water partition coefficient (Wildman–Crippen LogP) is 2.33. The number of Topliss-reactive ketones (excluding diaryl/α,β-unsaturated/α-hetero) is 1. The summed E-state index contributed by atoms with van der Waals surface area (Å²) in [6.45, 7) is 3.22. The highest BCUT2D eigenvalue weighted by Gasteiger charge is 2.25. The highest BCUT2D eigenvalue weighted by Crippen LogP contribution is 2.18. The average molecular weight is 330 g/mol. The first kappa shape index (κ1) is 18.2. The third-order valence-corrected chi connectivity index (χ3v) is 4.63. The largest absolute Gasteiger partial charge is 0.369 e. The van der Waals surface area contributed by atoms with Gasteiger partial charge < -0.3 is 10.6 Å². The lowest BCUT2D eigenvalue weighted by Crippen LogP contribution is -2.41. The van der Waals surface area contributed by atoms with Crippen molar-refractivity contribution in [3.63, 3.8) is 0 Å². The Balaban J connectivity index is 1.79. The molecule has 1 aliphatic heterocycles. The van der Waals surface area contributed by atoms with Gasteiger partial charge in [0.05, 0.1) is 0 Å². The summed E-state index contributed by atoms with van der Waals surface area (Å²) in [5, 5.41) is 0. The Morgan fingerprint density at radius 3 is 2.25 bits per heavy atom. The third-order valence-electron chi connectivity index (χ3n) is 4.63. The van der Waals surface area contributed by atoms with Crippen molar-refractivity contribution in [2.45, 2.75) is 45.4 Å². The first-order chi connectivity index (χ1) is 11.5. The van der Waals surface area contributed by atoms with Crippen LogP contribution in [0.3, 0.4) is 0 Å². The van der Waals surface area contributed by atoms with E-state index < -0.39 is 0 Å². The minimum atomic E-state index is -0.288. The molecule has 130 valence electrons. The first-order valence-electron chi connectivity index (χ1n) is 8.70. The number of carbonyl (C=O) groups is 3. The van der Waals surface area contributed by atoms with E-state index in [4.69, 9.17) is 5.73 Å². The molecule has 1 heterocycles. The molecule has 5 nitrogen and oxygen atoms in total. The topological polar surface area (TPSA) is 80.5 Å². The maximum atomic E-state index is 12.2. The van der Waals surface area contributed by atoms with E-state index in [1.54, 1.807) is 4.90 Å². The summed E-state index contributed by atoms with van der Waals surface area (Å²) in [4.78, 5) is 37.3. The van der Waals surface area contributed by atoms with Gasteiger partial charge in [-0.1, -0.05) is 37.6 Å². The summed E-state index contributed by atoms with van der Waals surface area (Å²) >= 11 is 0. The van der Waals surface area contributed by atoms with Crippen LogP contribution < -0.4 is 5.73 Å². The van der Waals surface area contributed by atoms with Gasteiger partial charge in [0.2, 0.25) is 11.8 Å². The van der Waals surface area contributed by atoms with Crippen molar-refractivity contribution in [3.8, 4) is 0 Å². The lowest BCUT2D eigenvalue weighted by Gasteiger charge is -2.30.